The number of nitrogens with zero attached hydrogens (tertiary/aromatic N) is 5. The van der Waals surface area contributed by atoms with E-state index in [2.05, 4.69) is 26.7 Å². The van der Waals surface area contributed by atoms with E-state index in [-0.39, 0.29) is 6.10 Å². The van der Waals surface area contributed by atoms with Gasteiger partial charge >= 0.3 is 0 Å². The summed E-state index contributed by atoms with van der Waals surface area (Å²) < 4.78 is 7.99. The lowest BCUT2D eigenvalue weighted by Gasteiger charge is -2.23. The van der Waals surface area contributed by atoms with Gasteiger partial charge in [0.2, 0.25) is 5.88 Å². The summed E-state index contributed by atoms with van der Waals surface area (Å²) in [4.78, 5) is 6.67. The van der Waals surface area contributed by atoms with Crippen LogP contribution >= 0.6 is 0 Å². The lowest BCUT2D eigenvalue weighted by molar-refractivity contribution is 0.133. The number of ether oxygens (including phenoxy) is 1. The summed E-state index contributed by atoms with van der Waals surface area (Å²) in [6, 6.07) is 3.80. The fourth-order valence-electron chi connectivity index (χ4n) is 3.04. The molecule has 3 rings (SSSR count). The van der Waals surface area contributed by atoms with E-state index in [4.69, 9.17) is 4.74 Å². The lowest BCUT2D eigenvalue weighted by Crippen LogP contribution is -2.34. The number of hydrogen-bond acceptors (Lipinski definition) is 5. The minimum absolute atomic E-state index is 0.122. The van der Waals surface area contributed by atoms with Crippen molar-refractivity contribution in [3.8, 4) is 11.7 Å². The van der Waals surface area contributed by atoms with Gasteiger partial charge in [-0.1, -0.05) is 6.08 Å². The molecular formula is C18H25N5O. The quantitative estimate of drug-likeness (QED) is 0.698. The molecule has 2 aromatic rings. The Hall–Kier alpha value is -2.21. The summed E-state index contributed by atoms with van der Waals surface area (Å²) in [5.74, 6) is 2.21. The maximum Gasteiger partial charge on any atom is 0.233 e. The van der Waals surface area contributed by atoms with Gasteiger partial charge in [-0.2, -0.15) is 0 Å². The van der Waals surface area contributed by atoms with Crippen molar-refractivity contribution in [2.75, 3.05) is 19.6 Å². The Morgan fingerprint density at radius 2 is 2.12 bits per heavy atom. The van der Waals surface area contributed by atoms with E-state index >= 15 is 0 Å². The highest BCUT2D eigenvalue weighted by atomic mass is 16.5. The van der Waals surface area contributed by atoms with Crippen LogP contribution in [0.25, 0.3) is 5.82 Å². The smallest absolute Gasteiger partial charge is 0.233 e. The normalized spacial score (nSPS) is 16.2. The van der Waals surface area contributed by atoms with E-state index in [1.807, 2.05) is 35.9 Å². The van der Waals surface area contributed by atoms with Gasteiger partial charge in [0.1, 0.15) is 11.9 Å². The average Bonchev–Trinajstić information content (AvgIpc) is 3.25. The fourth-order valence-corrected chi connectivity index (χ4v) is 3.04. The number of rotatable bonds is 8. The Morgan fingerprint density at radius 3 is 2.75 bits per heavy atom. The number of likely N-dealkylation sites (tertiary alicyclic amines) is 1. The van der Waals surface area contributed by atoms with Crippen LogP contribution in [-0.4, -0.2) is 50.4 Å². The van der Waals surface area contributed by atoms with Crippen LogP contribution in [0, 0.1) is 6.92 Å². The molecule has 0 radical (unpaired) electrons. The highest BCUT2D eigenvalue weighted by Crippen LogP contribution is 2.16. The third kappa shape index (κ3) is 4.20. The van der Waals surface area contributed by atoms with E-state index in [0.29, 0.717) is 5.88 Å². The van der Waals surface area contributed by atoms with Crippen LogP contribution in [0.1, 0.15) is 31.5 Å². The van der Waals surface area contributed by atoms with Gasteiger partial charge in [-0.3, -0.25) is 9.47 Å². The molecule has 1 aliphatic heterocycles. The summed E-state index contributed by atoms with van der Waals surface area (Å²) >= 11 is 0. The van der Waals surface area contributed by atoms with Crippen molar-refractivity contribution < 1.29 is 4.74 Å². The number of imidazole rings is 1. The Kier molecular flexibility index (Phi) is 5.59. The first-order valence-electron chi connectivity index (χ1n) is 8.60. The first-order valence-corrected chi connectivity index (χ1v) is 8.60. The maximum absolute atomic E-state index is 6.09. The zero-order valence-electron chi connectivity index (χ0n) is 14.3. The molecule has 0 bridgehead atoms. The van der Waals surface area contributed by atoms with E-state index in [1.165, 1.54) is 25.9 Å². The van der Waals surface area contributed by atoms with Gasteiger partial charge in [0.15, 0.2) is 5.82 Å². The summed E-state index contributed by atoms with van der Waals surface area (Å²) in [6.45, 7) is 9.02. The monoisotopic (exact) mass is 327 g/mol. The predicted octanol–water partition coefficient (Wildman–Crippen LogP) is 2.78. The highest BCUT2D eigenvalue weighted by Gasteiger charge is 2.19. The first kappa shape index (κ1) is 16.6. The van der Waals surface area contributed by atoms with Gasteiger partial charge in [-0.15, -0.1) is 16.8 Å². The van der Waals surface area contributed by atoms with Crippen LogP contribution in [0.15, 0.2) is 37.2 Å². The van der Waals surface area contributed by atoms with E-state index in [0.717, 1.165) is 31.0 Å². The van der Waals surface area contributed by atoms with Gasteiger partial charge in [0.05, 0.1) is 0 Å². The Morgan fingerprint density at radius 1 is 1.29 bits per heavy atom. The third-order valence-corrected chi connectivity index (χ3v) is 4.34. The summed E-state index contributed by atoms with van der Waals surface area (Å²) in [6.07, 6.45) is 10.2. The number of hydrogen-bond donors (Lipinski definition) is 0. The molecule has 0 aliphatic carbocycles. The van der Waals surface area contributed by atoms with E-state index in [1.54, 1.807) is 6.20 Å². The summed E-state index contributed by atoms with van der Waals surface area (Å²) in [5.41, 5.74) is 0. The molecule has 0 N–H and O–H groups in total. The van der Waals surface area contributed by atoms with Crippen molar-refractivity contribution in [1.29, 1.82) is 0 Å². The molecule has 1 atom stereocenters. The third-order valence-electron chi connectivity index (χ3n) is 4.34. The fraction of sp³-hybridized carbons (Fsp3) is 0.500. The second kappa shape index (κ2) is 8.06. The van der Waals surface area contributed by atoms with Crippen molar-refractivity contribution in [2.24, 2.45) is 0 Å². The van der Waals surface area contributed by atoms with Crippen LogP contribution < -0.4 is 4.74 Å². The minimum atomic E-state index is 0.122. The van der Waals surface area contributed by atoms with Crippen LogP contribution in [0.2, 0.25) is 0 Å². The number of aromatic nitrogens is 4. The molecule has 128 valence electrons. The molecule has 3 heterocycles. The summed E-state index contributed by atoms with van der Waals surface area (Å²) in [5, 5.41) is 8.49. The molecule has 0 spiro atoms. The molecule has 1 aliphatic rings. The van der Waals surface area contributed by atoms with E-state index < -0.39 is 0 Å². The molecular weight excluding hydrogens is 302 g/mol. The first-order chi connectivity index (χ1) is 11.8. The average molecular weight is 327 g/mol. The number of allylic oxidation sites excluding steroid dienone is 1. The molecule has 1 saturated heterocycles. The molecule has 0 aromatic carbocycles. The van der Waals surface area contributed by atoms with Crippen molar-refractivity contribution in [3.63, 3.8) is 0 Å². The molecule has 6 nitrogen and oxygen atoms in total. The van der Waals surface area contributed by atoms with Crippen LogP contribution in [0.3, 0.4) is 0 Å². The van der Waals surface area contributed by atoms with Crippen LogP contribution in [0.5, 0.6) is 5.88 Å². The molecule has 0 saturated carbocycles. The predicted molar refractivity (Wildman–Crippen MR) is 93.4 cm³/mol. The van der Waals surface area contributed by atoms with E-state index in [9.17, 15) is 0 Å². The van der Waals surface area contributed by atoms with Gasteiger partial charge in [0, 0.05) is 25.0 Å². The molecule has 2 aromatic heterocycles. The lowest BCUT2D eigenvalue weighted by atomic mass is 10.2. The minimum Gasteiger partial charge on any atom is -0.472 e. The topological polar surface area (TPSA) is 56.1 Å². The Labute approximate surface area is 143 Å². The van der Waals surface area contributed by atoms with Crippen molar-refractivity contribution in [1.82, 2.24) is 24.6 Å². The van der Waals surface area contributed by atoms with Crippen molar-refractivity contribution >= 4 is 0 Å². The van der Waals surface area contributed by atoms with Gasteiger partial charge < -0.3 is 4.74 Å². The second-order valence-electron chi connectivity index (χ2n) is 6.19. The second-order valence-corrected chi connectivity index (χ2v) is 6.19. The van der Waals surface area contributed by atoms with Gasteiger partial charge in [-0.25, -0.2) is 4.98 Å². The molecule has 0 unspecified atom stereocenters. The highest BCUT2D eigenvalue weighted by molar-refractivity contribution is 5.25. The van der Waals surface area contributed by atoms with Crippen molar-refractivity contribution in [2.45, 2.75) is 38.7 Å². The van der Waals surface area contributed by atoms with Gasteiger partial charge in [0.25, 0.3) is 0 Å². The SMILES string of the molecule is C=CCC[C@@H](CN1CCCC1)Oc1ccc(-n2ccnc2C)nn1. The molecule has 6 heteroatoms. The standard InChI is InChI=1S/C18H25N5O/c1-3-4-7-16(14-22-11-5-6-12-22)24-18-9-8-17(20-21-18)23-13-10-19-15(23)2/h3,8-10,13,16H,1,4-7,11-12,14H2,2H3/t16-/m0/s1. The van der Waals surface area contributed by atoms with Crippen LogP contribution in [0.4, 0.5) is 0 Å². The Bertz CT molecular complexity index is 646. The molecule has 0 amide bonds. The Balaban J connectivity index is 1.64. The largest absolute Gasteiger partial charge is 0.472 e. The van der Waals surface area contributed by atoms with Gasteiger partial charge in [-0.05, 0) is 51.8 Å². The summed E-state index contributed by atoms with van der Waals surface area (Å²) in [7, 11) is 0. The molecule has 1 fully saturated rings. The van der Waals surface area contributed by atoms with Crippen molar-refractivity contribution in [3.05, 3.63) is 43.0 Å². The van der Waals surface area contributed by atoms with Crippen LogP contribution in [-0.2, 0) is 0 Å². The zero-order chi connectivity index (χ0) is 16.8. The maximum atomic E-state index is 6.09. The number of aryl methyl sites for hydroxylation is 1. The zero-order valence-corrected chi connectivity index (χ0v) is 14.3. The molecule has 24 heavy (non-hydrogen) atoms.